The number of carbonyl (C=O) groups excluding carboxylic acids is 1. The van der Waals surface area contributed by atoms with Crippen LogP contribution in [0.2, 0.25) is 0 Å². The second-order valence-corrected chi connectivity index (χ2v) is 3.56. The molecule has 0 aromatic rings. The van der Waals surface area contributed by atoms with Crippen LogP contribution in [0.4, 0.5) is 0 Å². The van der Waals surface area contributed by atoms with Gasteiger partial charge in [-0.1, -0.05) is 39.3 Å². The van der Waals surface area contributed by atoms with Crippen molar-refractivity contribution in [1.29, 1.82) is 0 Å². The molecule has 0 heterocycles. The van der Waals surface area contributed by atoms with E-state index in [1.54, 1.807) is 6.92 Å². The molecule has 0 aliphatic rings. The molecule has 0 aliphatic carbocycles. The van der Waals surface area contributed by atoms with Crippen LogP contribution in [-0.2, 0) is 4.79 Å². The van der Waals surface area contributed by atoms with Gasteiger partial charge in [0.2, 0.25) is 0 Å². The molecule has 0 spiro atoms. The van der Waals surface area contributed by atoms with Crippen LogP contribution in [0.5, 0.6) is 0 Å². The van der Waals surface area contributed by atoms with Gasteiger partial charge in [0.05, 0.1) is 0 Å². The van der Waals surface area contributed by atoms with E-state index in [1.165, 1.54) is 6.42 Å². The number of carbonyl (C=O) groups is 1. The SMILES string of the molecule is CCC(C)/C=C/CC(C)C(C)=O. The van der Waals surface area contributed by atoms with Crippen molar-refractivity contribution in [3.63, 3.8) is 0 Å². The Morgan fingerprint density at radius 1 is 1.42 bits per heavy atom. The second kappa shape index (κ2) is 5.99. The van der Waals surface area contributed by atoms with Crippen LogP contribution in [-0.4, -0.2) is 5.78 Å². The van der Waals surface area contributed by atoms with Crippen molar-refractivity contribution in [3.8, 4) is 0 Å². The summed E-state index contributed by atoms with van der Waals surface area (Å²) in [6.07, 6.45) is 6.38. The van der Waals surface area contributed by atoms with E-state index in [1.807, 2.05) is 6.92 Å². The van der Waals surface area contributed by atoms with E-state index in [4.69, 9.17) is 0 Å². The number of rotatable bonds is 5. The van der Waals surface area contributed by atoms with Crippen molar-refractivity contribution in [3.05, 3.63) is 12.2 Å². The van der Waals surface area contributed by atoms with E-state index >= 15 is 0 Å². The fourth-order valence-electron chi connectivity index (χ4n) is 0.817. The first-order valence-corrected chi connectivity index (χ1v) is 4.75. The largest absolute Gasteiger partial charge is 0.300 e. The molecule has 0 N–H and O–H groups in total. The first-order chi connectivity index (χ1) is 5.57. The molecule has 2 unspecified atom stereocenters. The molecule has 12 heavy (non-hydrogen) atoms. The maximum absolute atomic E-state index is 10.9. The Hall–Kier alpha value is -0.590. The van der Waals surface area contributed by atoms with Crippen LogP contribution >= 0.6 is 0 Å². The number of Topliss-reactive ketones (excluding diaryl/α,β-unsaturated/α-hetero) is 1. The van der Waals surface area contributed by atoms with Crippen molar-refractivity contribution >= 4 is 5.78 Å². The average molecular weight is 168 g/mol. The number of hydrogen-bond donors (Lipinski definition) is 0. The van der Waals surface area contributed by atoms with Gasteiger partial charge in [-0.3, -0.25) is 4.79 Å². The van der Waals surface area contributed by atoms with Crippen LogP contribution in [0.25, 0.3) is 0 Å². The van der Waals surface area contributed by atoms with Crippen molar-refractivity contribution in [2.45, 2.75) is 40.5 Å². The molecule has 0 rings (SSSR count). The summed E-state index contributed by atoms with van der Waals surface area (Å²) in [5.74, 6) is 1.11. The summed E-state index contributed by atoms with van der Waals surface area (Å²) in [6.45, 7) is 7.99. The van der Waals surface area contributed by atoms with E-state index < -0.39 is 0 Å². The predicted molar refractivity (Wildman–Crippen MR) is 53.1 cm³/mol. The van der Waals surface area contributed by atoms with Crippen molar-refractivity contribution in [1.82, 2.24) is 0 Å². The third-order valence-electron chi connectivity index (χ3n) is 2.29. The first kappa shape index (κ1) is 11.4. The van der Waals surface area contributed by atoms with Gasteiger partial charge in [0.25, 0.3) is 0 Å². The Morgan fingerprint density at radius 2 is 2.00 bits per heavy atom. The lowest BCUT2D eigenvalue weighted by atomic mass is 10.0. The lowest BCUT2D eigenvalue weighted by Gasteiger charge is -2.03. The molecule has 0 saturated heterocycles. The number of hydrogen-bond acceptors (Lipinski definition) is 1. The van der Waals surface area contributed by atoms with Crippen molar-refractivity contribution in [2.75, 3.05) is 0 Å². The van der Waals surface area contributed by atoms with Gasteiger partial charge in [0, 0.05) is 5.92 Å². The summed E-state index contributed by atoms with van der Waals surface area (Å²) in [5, 5.41) is 0. The maximum Gasteiger partial charge on any atom is 0.132 e. The molecular weight excluding hydrogens is 148 g/mol. The molecule has 1 nitrogen and oxygen atoms in total. The Labute approximate surface area is 75.9 Å². The van der Waals surface area contributed by atoms with Gasteiger partial charge in [-0.2, -0.15) is 0 Å². The summed E-state index contributed by atoms with van der Waals surface area (Å²) in [7, 11) is 0. The van der Waals surface area contributed by atoms with Gasteiger partial charge in [-0.25, -0.2) is 0 Å². The molecule has 1 heteroatoms. The van der Waals surface area contributed by atoms with E-state index in [2.05, 4.69) is 26.0 Å². The summed E-state index contributed by atoms with van der Waals surface area (Å²) in [4.78, 5) is 10.9. The zero-order chi connectivity index (χ0) is 9.56. The van der Waals surface area contributed by atoms with Gasteiger partial charge < -0.3 is 0 Å². The molecule has 0 fully saturated rings. The molecule has 0 amide bonds. The van der Waals surface area contributed by atoms with Gasteiger partial charge >= 0.3 is 0 Å². The quantitative estimate of drug-likeness (QED) is 0.576. The molecule has 0 radical (unpaired) electrons. The van der Waals surface area contributed by atoms with Crippen molar-refractivity contribution < 1.29 is 4.79 Å². The van der Waals surface area contributed by atoms with Gasteiger partial charge in [-0.05, 0) is 19.3 Å². The third kappa shape index (κ3) is 5.11. The van der Waals surface area contributed by atoms with E-state index in [-0.39, 0.29) is 11.7 Å². The van der Waals surface area contributed by atoms with Gasteiger partial charge in [0.1, 0.15) is 5.78 Å². The van der Waals surface area contributed by atoms with Gasteiger partial charge in [0.15, 0.2) is 0 Å². The fraction of sp³-hybridized carbons (Fsp3) is 0.727. The normalized spacial score (nSPS) is 16.3. The minimum absolute atomic E-state index is 0.185. The summed E-state index contributed by atoms with van der Waals surface area (Å²) in [5.41, 5.74) is 0. The van der Waals surface area contributed by atoms with Crippen LogP contribution in [0.1, 0.15) is 40.5 Å². The molecule has 0 saturated carbocycles. The Kier molecular flexibility index (Phi) is 5.69. The van der Waals surface area contributed by atoms with Gasteiger partial charge in [-0.15, -0.1) is 0 Å². The minimum Gasteiger partial charge on any atom is -0.300 e. The smallest absolute Gasteiger partial charge is 0.132 e. The highest BCUT2D eigenvalue weighted by Crippen LogP contribution is 2.07. The lowest BCUT2D eigenvalue weighted by molar-refractivity contribution is -0.120. The summed E-state index contributed by atoms with van der Waals surface area (Å²) < 4.78 is 0. The van der Waals surface area contributed by atoms with E-state index in [0.717, 1.165) is 6.42 Å². The molecule has 2 atom stereocenters. The molecular formula is C11H20O. The Bertz CT molecular complexity index is 158. The standard InChI is InChI=1S/C11H20O/c1-5-9(2)7-6-8-10(3)11(4)12/h6-7,9-10H,5,8H2,1-4H3/b7-6+. The van der Waals surface area contributed by atoms with Crippen LogP contribution in [0.15, 0.2) is 12.2 Å². The number of ketones is 1. The fourth-order valence-corrected chi connectivity index (χ4v) is 0.817. The predicted octanol–water partition coefficient (Wildman–Crippen LogP) is 3.20. The molecule has 0 aromatic heterocycles. The number of allylic oxidation sites excluding steroid dienone is 2. The minimum atomic E-state index is 0.185. The monoisotopic (exact) mass is 168 g/mol. The third-order valence-corrected chi connectivity index (χ3v) is 2.29. The molecule has 70 valence electrons. The van der Waals surface area contributed by atoms with E-state index in [0.29, 0.717) is 5.92 Å². The second-order valence-electron chi connectivity index (χ2n) is 3.56. The van der Waals surface area contributed by atoms with Crippen LogP contribution in [0, 0.1) is 11.8 Å². The lowest BCUT2D eigenvalue weighted by Crippen LogP contribution is -2.04. The zero-order valence-electron chi connectivity index (χ0n) is 8.63. The van der Waals surface area contributed by atoms with Crippen molar-refractivity contribution in [2.24, 2.45) is 11.8 Å². The topological polar surface area (TPSA) is 17.1 Å². The van der Waals surface area contributed by atoms with Crippen LogP contribution < -0.4 is 0 Å². The maximum atomic E-state index is 10.9. The molecule has 0 bridgehead atoms. The Morgan fingerprint density at radius 3 is 2.42 bits per heavy atom. The first-order valence-electron chi connectivity index (χ1n) is 4.75. The van der Waals surface area contributed by atoms with E-state index in [9.17, 15) is 4.79 Å². The molecule has 0 aromatic carbocycles. The highest BCUT2D eigenvalue weighted by atomic mass is 16.1. The average Bonchev–Trinajstić information content (AvgIpc) is 2.03. The van der Waals surface area contributed by atoms with Crippen LogP contribution in [0.3, 0.4) is 0 Å². The highest BCUT2D eigenvalue weighted by Gasteiger charge is 2.03. The Balaban J connectivity index is 3.67. The zero-order valence-corrected chi connectivity index (χ0v) is 8.63. The highest BCUT2D eigenvalue weighted by molar-refractivity contribution is 5.77. The summed E-state index contributed by atoms with van der Waals surface area (Å²) in [6, 6.07) is 0. The summed E-state index contributed by atoms with van der Waals surface area (Å²) >= 11 is 0. The molecule has 0 aliphatic heterocycles.